The highest BCUT2D eigenvalue weighted by atomic mass is 35.5. The Morgan fingerprint density at radius 1 is 1.44 bits per heavy atom. The van der Waals surface area contributed by atoms with Crippen molar-refractivity contribution in [2.24, 2.45) is 0 Å². The third kappa shape index (κ3) is 3.01. The zero-order valence-corrected chi connectivity index (χ0v) is 10.5. The molecular weight excluding hydrogens is 252 g/mol. The Hall–Kier alpha value is -2.01. The number of aryl methyl sites for hydroxylation is 1. The molecule has 0 aromatic carbocycles. The minimum atomic E-state index is -0.283. The molecule has 0 spiro atoms. The summed E-state index contributed by atoms with van der Waals surface area (Å²) in [5.74, 6) is 0.114. The van der Waals surface area contributed by atoms with E-state index in [1.165, 1.54) is 12.3 Å². The number of carbonyl (C=O) groups excluding carboxylic acids is 1. The molecule has 0 fully saturated rings. The molecule has 5 nitrogen and oxygen atoms in total. The fourth-order valence-corrected chi connectivity index (χ4v) is 1.65. The molecule has 0 saturated carbocycles. The molecule has 2 aromatic rings. The summed E-state index contributed by atoms with van der Waals surface area (Å²) >= 11 is 5.86. The number of nitrogens with one attached hydrogen (secondary N) is 1. The first-order valence-corrected chi connectivity index (χ1v) is 5.82. The van der Waals surface area contributed by atoms with Crippen LogP contribution in [0, 0.1) is 0 Å². The average molecular weight is 263 g/mol. The van der Waals surface area contributed by atoms with Crippen molar-refractivity contribution in [3.05, 3.63) is 46.9 Å². The fourth-order valence-electron chi connectivity index (χ4n) is 1.42. The molecule has 1 N–H and O–H groups in total. The van der Waals surface area contributed by atoms with E-state index >= 15 is 0 Å². The second-order valence-electron chi connectivity index (χ2n) is 3.59. The van der Waals surface area contributed by atoms with E-state index in [4.69, 9.17) is 11.6 Å². The van der Waals surface area contributed by atoms with Gasteiger partial charge in [0.1, 0.15) is 5.15 Å². The van der Waals surface area contributed by atoms with E-state index < -0.39 is 0 Å². The van der Waals surface area contributed by atoms with Gasteiger partial charge in [0, 0.05) is 17.5 Å². The fraction of sp³-hybridized carbons (Fsp3) is 0.167. The van der Waals surface area contributed by atoms with E-state index in [2.05, 4.69) is 20.5 Å². The van der Waals surface area contributed by atoms with Gasteiger partial charge in [-0.1, -0.05) is 18.5 Å². The van der Waals surface area contributed by atoms with E-state index in [-0.39, 0.29) is 5.91 Å². The smallest absolute Gasteiger partial charge is 0.257 e. The molecule has 0 atom stereocenters. The lowest BCUT2D eigenvalue weighted by molar-refractivity contribution is 0.102. The monoisotopic (exact) mass is 262 g/mol. The Labute approximate surface area is 109 Å². The number of anilines is 1. The molecule has 92 valence electrons. The van der Waals surface area contributed by atoms with E-state index in [1.807, 2.05) is 6.92 Å². The van der Waals surface area contributed by atoms with Crippen LogP contribution in [0.4, 0.5) is 5.82 Å². The Bertz CT molecular complexity index is 559. The molecule has 1 amide bonds. The first-order chi connectivity index (χ1) is 8.69. The van der Waals surface area contributed by atoms with Crippen LogP contribution in [0.2, 0.25) is 5.15 Å². The summed E-state index contributed by atoms with van der Waals surface area (Å²) in [5, 5.41) is 10.4. The zero-order valence-electron chi connectivity index (χ0n) is 9.72. The lowest BCUT2D eigenvalue weighted by atomic mass is 10.2. The third-order valence-electron chi connectivity index (χ3n) is 2.29. The lowest BCUT2D eigenvalue weighted by Crippen LogP contribution is -2.14. The number of hydrogen-bond donors (Lipinski definition) is 1. The molecule has 6 heteroatoms. The average Bonchev–Trinajstić information content (AvgIpc) is 2.39. The number of halogens is 1. The predicted molar refractivity (Wildman–Crippen MR) is 68.6 cm³/mol. The van der Waals surface area contributed by atoms with Crippen molar-refractivity contribution in [2.45, 2.75) is 13.3 Å². The van der Waals surface area contributed by atoms with E-state index in [0.717, 1.165) is 5.69 Å². The van der Waals surface area contributed by atoms with Gasteiger partial charge in [-0.15, -0.1) is 5.10 Å². The van der Waals surface area contributed by atoms with Gasteiger partial charge >= 0.3 is 0 Å². The van der Waals surface area contributed by atoms with Crippen LogP contribution in [0.25, 0.3) is 0 Å². The van der Waals surface area contributed by atoms with Gasteiger partial charge in [-0.05, 0) is 30.7 Å². The Balaban J connectivity index is 2.21. The summed E-state index contributed by atoms with van der Waals surface area (Å²) in [6, 6.07) is 6.58. The number of amides is 1. The topological polar surface area (TPSA) is 67.8 Å². The molecule has 18 heavy (non-hydrogen) atoms. The summed E-state index contributed by atoms with van der Waals surface area (Å²) in [5.41, 5.74) is 1.23. The van der Waals surface area contributed by atoms with E-state index in [0.29, 0.717) is 23.0 Å². The molecule has 0 aliphatic heterocycles. The van der Waals surface area contributed by atoms with Crippen molar-refractivity contribution in [3.63, 3.8) is 0 Å². The normalized spacial score (nSPS) is 10.1. The van der Waals surface area contributed by atoms with Crippen LogP contribution in [-0.4, -0.2) is 21.1 Å². The molecule has 0 unspecified atom stereocenters. The molecule has 2 aromatic heterocycles. The Kier molecular flexibility index (Phi) is 3.84. The van der Waals surface area contributed by atoms with Crippen molar-refractivity contribution in [1.82, 2.24) is 15.2 Å². The first-order valence-electron chi connectivity index (χ1n) is 5.44. The lowest BCUT2D eigenvalue weighted by Gasteiger charge is -2.05. The van der Waals surface area contributed by atoms with Crippen molar-refractivity contribution in [3.8, 4) is 0 Å². The Morgan fingerprint density at radius 3 is 2.94 bits per heavy atom. The van der Waals surface area contributed by atoms with Crippen LogP contribution in [0.1, 0.15) is 23.0 Å². The molecule has 2 heterocycles. The minimum Gasteiger partial charge on any atom is -0.305 e. The summed E-state index contributed by atoms with van der Waals surface area (Å²) in [7, 11) is 0. The minimum absolute atomic E-state index is 0.283. The van der Waals surface area contributed by atoms with Gasteiger partial charge in [0.2, 0.25) is 0 Å². The molecule has 0 aliphatic rings. The molecule has 0 aliphatic carbocycles. The van der Waals surface area contributed by atoms with Crippen molar-refractivity contribution < 1.29 is 4.79 Å². The Morgan fingerprint density at radius 2 is 2.28 bits per heavy atom. The maximum atomic E-state index is 12.0. The van der Waals surface area contributed by atoms with Crippen molar-refractivity contribution in [1.29, 1.82) is 0 Å². The highest BCUT2D eigenvalue weighted by Gasteiger charge is 2.09. The molecule has 0 bridgehead atoms. The van der Waals surface area contributed by atoms with Gasteiger partial charge in [0.25, 0.3) is 5.91 Å². The SMILES string of the molecule is CCc1cc(C(=O)Nc2cccnn2)cc(Cl)n1. The number of nitrogens with zero attached hydrogens (tertiary/aromatic N) is 3. The number of aromatic nitrogens is 3. The predicted octanol–water partition coefficient (Wildman–Crippen LogP) is 2.34. The second-order valence-corrected chi connectivity index (χ2v) is 3.97. The third-order valence-corrected chi connectivity index (χ3v) is 2.48. The van der Waals surface area contributed by atoms with Crippen LogP contribution in [-0.2, 0) is 6.42 Å². The van der Waals surface area contributed by atoms with Gasteiger partial charge in [0.15, 0.2) is 5.82 Å². The van der Waals surface area contributed by atoms with E-state index in [9.17, 15) is 4.79 Å². The number of carbonyl (C=O) groups is 1. The van der Waals surface area contributed by atoms with Crippen LogP contribution >= 0.6 is 11.6 Å². The maximum Gasteiger partial charge on any atom is 0.257 e. The molecule has 0 saturated heterocycles. The van der Waals surface area contributed by atoms with E-state index in [1.54, 1.807) is 18.2 Å². The number of rotatable bonds is 3. The highest BCUT2D eigenvalue weighted by molar-refractivity contribution is 6.29. The van der Waals surface area contributed by atoms with Gasteiger partial charge in [-0.25, -0.2) is 4.98 Å². The van der Waals surface area contributed by atoms with Crippen LogP contribution in [0.15, 0.2) is 30.5 Å². The maximum absolute atomic E-state index is 12.0. The summed E-state index contributed by atoms with van der Waals surface area (Å²) in [4.78, 5) is 16.1. The van der Waals surface area contributed by atoms with Crippen LogP contribution < -0.4 is 5.32 Å². The standard InChI is InChI=1S/C12H11ClN4O/c1-2-9-6-8(7-10(13)15-9)12(18)16-11-4-3-5-14-17-11/h3-7H,2H2,1H3,(H,16,17,18). The largest absolute Gasteiger partial charge is 0.305 e. The molecule has 2 rings (SSSR count). The summed E-state index contributed by atoms with van der Waals surface area (Å²) in [6.45, 7) is 1.95. The van der Waals surface area contributed by atoms with Crippen LogP contribution in [0.5, 0.6) is 0 Å². The number of hydrogen-bond acceptors (Lipinski definition) is 4. The van der Waals surface area contributed by atoms with Gasteiger partial charge in [-0.3, -0.25) is 4.79 Å². The van der Waals surface area contributed by atoms with Crippen molar-refractivity contribution in [2.75, 3.05) is 5.32 Å². The second kappa shape index (κ2) is 5.55. The summed E-state index contributed by atoms with van der Waals surface area (Å²) in [6.07, 6.45) is 2.25. The van der Waals surface area contributed by atoms with Gasteiger partial charge in [0.05, 0.1) is 0 Å². The zero-order chi connectivity index (χ0) is 13.0. The number of pyridine rings is 1. The quantitative estimate of drug-likeness (QED) is 0.862. The first kappa shape index (κ1) is 12.4. The van der Waals surface area contributed by atoms with Gasteiger partial charge in [-0.2, -0.15) is 5.10 Å². The van der Waals surface area contributed by atoms with Crippen LogP contribution in [0.3, 0.4) is 0 Å². The molecule has 0 radical (unpaired) electrons. The summed E-state index contributed by atoms with van der Waals surface area (Å²) < 4.78 is 0. The van der Waals surface area contributed by atoms with Crippen molar-refractivity contribution >= 4 is 23.3 Å². The van der Waals surface area contributed by atoms with Gasteiger partial charge < -0.3 is 5.32 Å². The highest BCUT2D eigenvalue weighted by Crippen LogP contribution is 2.13. The molecular formula is C12H11ClN4O.